The monoisotopic (exact) mass is 474 g/mol. The van der Waals surface area contributed by atoms with E-state index in [0.29, 0.717) is 23.7 Å². The predicted molar refractivity (Wildman–Crippen MR) is 129 cm³/mol. The summed E-state index contributed by atoms with van der Waals surface area (Å²) in [5.74, 6) is -0.251. The number of carbonyl (C=O) groups is 1. The summed E-state index contributed by atoms with van der Waals surface area (Å²) in [6.45, 7) is 0.570. The summed E-state index contributed by atoms with van der Waals surface area (Å²) in [4.78, 5) is 25.5. The first-order valence-corrected chi connectivity index (χ1v) is 11.7. The Labute approximate surface area is 198 Å². The third kappa shape index (κ3) is 4.22. The maximum atomic E-state index is 13.4. The van der Waals surface area contributed by atoms with Crippen molar-refractivity contribution < 1.29 is 14.1 Å². The largest absolute Gasteiger partial charge is 0.311 e. The molecule has 0 aliphatic carbocycles. The summed E-state index contributed by atoms with van der Waals surface area (Å²) < 4.78 is 13.4. The third-order valence-electron chi connectivity index (χ3n) is 5.80. The number of amides is 1. The Morgan fingerprint density at radius 3 is 2.59 bits per heavy atom. The summed E-state index contributed by atoms with van der Waals surface area (Å²) in [6.07, 6.45) is 1.45. The molecule has 5 rings (SSSR count). The second kappa shape index (κ2) is 9.18. The number of aryl methyl sites for hydroxylation is 1. The number of aromatic nitrogens is 2. The van der Waals surface area contributed by atoms with E-state index in [1.165, 1.54) is 30.0 Å². The number of benzene rings is 3. The Kier molecular flexibility index (Phi) is 5.93. The van der Waals surface area contributed by atoms with Crippen LogP contribution in [0.15, 0.2) is 71.8 Å². The summed E-state index contributed by atoms with van der Waals surface area (Å²) in [6, 6.07) is 18.4. The Balaban J connectivity index is 1.39. The van der Waals surface area contributed by atoms with Gasteiger partial charge in [-0.25, -0.2) is 4.39 Å². The number of thioether (sulfide) groups is 1. The second-order valence-electron chi connectivity index (χ2n) is 7.91. The molecule has 1 aromatic heterocycles. The predicted octanol–water partition coefficient (Wildman–Crippen LogP) is 5.42. The molecule has 1 aliphatic heterocycles. The summed E-state index contributed by atoms with van der Waals surface area (Å²) >= 11 is 1.31. The summed E-state index contributed by atoms with van der Waals surface area (Å²) in [5.41, 5.74) is 2.98. The number of nitrogens with zero attached hydrogens (tertiary/aromatic N) is 4. The van der Waals surface area contributed by atoms with Crippen molar-refractivity contribution in [3.05, 3.63) is 88.2 Å². The Hall–Kier alpha value is -3.85. The van der Waals surface area contributed by atoms with E-state index in [4.69, 9.17) is 0 Å². The average molecular weight is 475 g/mol. The van der Waals surface area contributed by atoms with Crippen LogP contribution in [-0.4, -0.2) is 33.3 Å². The molecule has 0 bridgehead atoms. The van der Waals surface area contributed by atoms with Gasteiger partial charge in [-0.2, -0.15) is 0 Å². The molecule has 0 saturated heterocycles. The highest BCUT2D eigenvalue weighted by Crippen LogP contribution is 2.34. The number of hydrogen-bond acceptors (Lipinski definition) is 6. The molecule has 0 fully saturated rings. The number of fused-ring (bicyclic) bond motifs is 2. The molecule has 1 aliphatic rings. The summed E-state index contributed by atoms with van der Waals surface area (Å²) in [7, 11) is 0. The minimum atomic E-state index is -0.420. The lowest BCUT2D eigenvalue weighted by Gasteiger charge is -2.29. The van der Waals surface area contributed by atoms with E-state index in [1.54, 1.807) is 29.2 Å². The van der Waals surface area contributed by atoms with Gasteiger partial charge in [0.1, 0.15) is 16.5 Å². The highest BCUT2D eigenvalue weighted by molar-refractivity contribution is 8.00. The van der Waals surface area contributed by atoms with Crippen molar-refractivity contribution >= 4 is 39.8 Å². The van der Waals surface area contributed by atoms with Gasteiger partial charge in [-0.1, -0.05) is 36.0 Å². The van der Waals surface area contributed by atoms with Crippen molar-refractivity contribution in [3.63, 3.8) is 0 Å². The second-order valence-corrected chi connectivity index (χ2v) is 8.88. The van der Waals surface area contributed by atoms with Crippen LogP contribution in [0.25, 0.3) is 22.0 Å². The molecular formula is C25H19FN4O3S. The molecule has 34 heavy (non-hydrogen) atoms. The SMILES string of the molecule is O=C(CSc1nnc(-c2ccc(F)cc2)c2ccccc12)N1CCCc2cc([N+](=O)[O-])ccc21. The number of anilines is 1. The first-order valence-electron chi connectivity index (χ1n) is 10.7. The number of hydrogen-bond donors (Lipinski definition) is 0. The van der Waals surface area contributed by atoms with Gasteiger partial charge in [-0.05, 0) is 48.7 Å². The van der Waals surface area contributed by atoms with Crippen molar-refractivity contribution in [1.29, 1.82) is 0 Å². The Bertz CT molecular complexity index is 1410. The lowest BCUT2D eigenvalue weighted by molar-refractivity contribution is -0.384. The maximum Gasteiger partial charge on any atom is 0.269 e. The molecule has 0 N–H and O–H groups in total. The first-order chi connectivity index (χ1) is 16.5. The number of non-ortho nitro benzene ring substituents is 1. The van der Waals surface area contributed by atoms with Gasteiger partial charge < -0.3 is 4.90 Å². The Morgan fingerprint density at radius 2 is 1.82 bits per heavy atom. The zero-order chi connectivity index (χ0) is 23.7. The van der Waals surface area contributed by atoms with E-state index in [9.17, 15) is 19.3 Å². The molecule has 1 amide bonds. The standard InChI is InChI=1S/C25H19FN4O3S/c26-18-9-7-16(8-10-18)24-20-5-1-2-6-21(20)25(28-27-24)34-15-23(31)29-13-3-4-17-14-19(30(32)33)11-12-22(17)29/h1-2,5-12,14H,3-4,13,15H2. The van der Waals surface area contributed by atoms with E-state index >= 15 is 0 Å². The quantitative estimate of drug-likeness (QED) is 0.218. The maximum absolute atomic E-state index is 13.4. The van der Waals surface area contributed by atoms with Crippen LogP contribution in [0.2, 0.25) is 0 Å². The van der Waals surface area contributed by atoms with Gasteiger partial charge in [-0.3, -0.25) is 14.9 Å². The van der Waals surface area contributed by atoms with Crippen molar-refractivity contribution in [2.45, 2.75) is 17.9 Å². The highest BCUT2D eigenvalue weighted by atomic mass is 32.2. The molecule has 4 aromatic rings. The molecule has 7 nitrogen and oxygen atoms in total. The van der Waals surface area contributed by atoms with Crippen LogP contribution >= 0.6 is 11.8 Å². The zero-order valence-electron chi connectivity index (χ0n) is 18.0. The number of nitro benzene ring substituents is 1. The minimum absolute atomic E-state index is 0.0328. The van der Waals surface area contributed by atoms with E-state index in [0.717, 1.165) is 34.0 Å². The molecule has 9 heteroatoms. The van der Waals surface area contributed by atoms with Crippen molar-refractivity contribution in [3.8, 4) is 11.3 Å². The molecule has 0 saturated carbocycles. The fraction of sp³-hybridized carbons (Fsp3) is 0.160. The van der Waals surface area contributed by atoms with Crippen LogP contribution in [0.3, 0.4) is 0 Å². The number of rotatable bonds is 5. The minimum Gasteiger partial charge on any atom is -0.311 e. The smallest absolute Gasteiger partial charge is 0.269 e. The average Bonchev–Trinajstić information content (AvgIpc) is 2.87. The van der Waals surface area contributed by atoms with Crippen LogP contribution in [-0.2, 0) is 11.2 Å². The van der Waals surface area contributed by atoms with Gasteiger partial charge in [0.25, 0.3) is 5.69 Å². The number of carbonyl (C=O) groups excluding carboxylic acids is 1. The van der Waals surface area contributed by atoms with Gasteiger partial charge in [0.15, 0.2) is 0 Å². The molecule has 0 spiro atoms. The van der Waals surface area contributed by atoms with Crippen molar-refractivity contribution in [2.75, 3.05) is 17.2 Å². The van der Waals surface area contributed by atoms with E-state index < -0.39 is 4.92 Å². The number of halogens is 1. The van der Waals surface area contributed by atoms with Gasteiger partial charge in [-0.15, -0.1) is 10.2 Å². The molecule has 170 valence electrons. The van der Waals surface area contributed by atoms with Gasteiger partial charge in [0, 0.05) is 40.7 Å². The van der Waals surface area contributed by atoms with Crippen LogP contribution in [0.1, 0.15) is 12.0 Å². The number of nitro groups is 1. The molecule has 0 unspecified atom stereocenters. The van der Waals surface area contributed by atoms with Crippen LogP contribution in [0, 0.1) is 15.9 Å². The van der Waals surface area contributed by atoms with Crippen LogP contribution in [0.5, 0.6) is 0 Å². The topological polar surface area (TPSA) is 89.2 Å². The fourth-order valence-electron chi connectivity index (χ4n) is 4.17. The van der Waals surface area contributed by atoms with Gasteiger partial charge in [0.05, 0.1) is 10.7 Å². The fourth-order valence-corrected chi connectivity index (χ4v) is 5.02. The van der Waals surface area contributed by atoms with Crippen molar-refractivity contribution in [1.82, 2.24) is 10.2 Å². The van der Waals surface area contributed by atoms with Crippen molar-refractivity contribution in [2.24, 2.45) is 0 Å². The summed E-state index contributed by atoms with van der Waals surface area (Å²) in [5, 5.41) is 22.2. The lowest BCUT2D eigenvalue weighted by atomic mass is 10.0. The molecule has 0 atom stereocenters. The van der Waals surface area contributed by atoms with Crippen LogP contribution in [0.4, 0.5) is 15.8 Å². The highest BCUT2D eigenvalue weighted by Gasteiger charge is 2.25. The normalized spacial score (nSPS) is 13.0. The van der Waals surface area contributed by atoms with E-state index in [2.05, 4.69) is 10.2 Å². The van der Waals surface area contributed by atoms with Gasteiger partial charge in [0.2, 0.25) is 5.91 Å². The third-order valence-corrected chi connectivity index (χ3v) is 6.76. The van der Waals surface area contributed by atoms with Gasteiger partial charge >= 0.3 is 0 Å². The lowest BCUT2D eigenvalue weighted by Crippen LogP contribution is -2.36. The van der Waals surface area contributed by atoms with E-state index in [1.807, 2.05) is 24.3 Å². The zero-order valence-corrected chi connectivity index (χ0v) is 18.8. The van der Waals surface area contributed by atoms with Crippen LogP contribution < -0.4 is 4.90 Å². The molecule has 2 heterocycles. The van der Waals surface area contributed by atoms with E-state index in [-0.39, 0.29) is 23.2 Å². The Morgan fingerprint density at radius 1 is 1.06 bits per heavy atom. The molecule has 3 aromatic carbocycles. The molecular weight excluding hydrogens is 455 g/mol. The first kappa shape index (κ1) is 22.0. The molecule has 0 radical (unpaired) electrons.